The minimum atomic E-state index is -0.893. The van der Waals surface area contributed by atoms with Crippen LogP contribution in [0.4, 0.5) is 0 Å². The van der Waals surface area contributed by atoms with Crippen LogP contribution in [0, 0.1) is 12.8 Å². The molecule has 0 aliphatic carbocycles. The largest absolute Gasteiger partial charge is 0.496 e. The number of carboxylic acids is 1. The molecule has 1 aliphatic heterocycles. The Morgan fingerprint density at radius 1 is 1.07 bits per heavy atom. The third-order valence-corrected chi connectivity index (χ3v) is 5.66. The SMILES string of the molecule is COc1cc(C(=O)N2CCC(Cc3ccccc3C(=O)O)CC2)cc(OC)c1C. The molecule has 154 valence electrons. The van der Waals surface area contributed by atoms with Crippen molar-refractivity contribution in [2.24, 2.45) is 5.92 Å². The molecule has 0 spiro atoms. The normalized spacial score (nSPS) is 14.5. The highest BCUT2D eigenvalue weighted by molar-refractivity contribution is 5.95. The monoisotopic (exact) mass is 397 g/mol. The Morgan fingerprint density at radius 2 is 1.66 bits per heavy atom. The number of nitrogens with zero attached hydrogens (tertiary/aromatic N) is 1. The van der Waals surface area contributed by atoms with Crippen molar-refractivity contribution >= 4 is 11.9 Å². The van der Waals surface area contributed by atoms with E-state index in [0.717, 1.165) is 30.4 Å². The smallest absolute Gasteiger partial charge is 0.335 e. The van der Waals surface area contributed by atoms with Gasteiger partial charge in [-0.1, -0.05) is 18.2 Å². The summed E-state index contributed by atoms with van der Waals surface area (Å²) in [7, 11) is 3.16. The van der Waals surface area contributed by atoms with E-state index in [-0.39, 0.29) is 5.91 Å². The van der Waals surface area contributed by atoms with Crippen LogP contribution in [0.25, 0.3) is 0 Å². The molecule has 0 saturated carbocycles. The van der Waals surface area contributed by atoms with Gasteiger partial charge in [-0.15, -0.1) is 0 Å². The fourth-order valence-electron chi connectivity index (χ4n) is 3.95. The summed E-state index contributed by atoms with van der Waals surface area (Å²) < 4.78 is 10.8. The highest BCUT2D eigenvalue weighted by Gasteiger charge is 2.26. The summed E-state index contributed by atoms with van der Waals surface area (Å²) in [5.41, 5.74) is 2.64. The van der Waals surface area contributed by atoms with Crippen LogP contribution in [0.2, 0.25) is 0 Å². The molecular weight excluding hydrogens is 370 g/mol. The highest BCUT2D eigenvalue weighted by Crippen LogP contribution is 2.31. The summed E-state index contributed by atoms with van der Waals surface area (Å²) in [6.45, 7) is 3.20. The van der Waals surface area contributed by atoms with Crippen LogP contribution in [0.1, 0.15) is 44.7 Å². The second-order valence-electron chi connectivity index (χ2n) is 7.41. The quantitative estimate of drug-likeness (QED) is 0.802. The summed E-state index contributed by atoms with van der Waals surface area (Å²) in [5, 5.41) is 9.37. The number of carboxylic acid groups (broad SMARTS) is 1. The molecule has 0 radical (unpaired) electrons. The number of aromatic carboxylic acids is 1. The average molecular weight is 397 g/mol. The first-order valence-electron chi connectivity index (χ1n) is 9.77. The number of rotatable bonds is 6. The molecule has 1 N–H and O–H groups in total. The molecule has 2 aromatic rings. The first-order valence-corrected chi connectivity index (χ1v) is 9.77. The van der Waals surface area contributed by atoms with Crippen LogP contribution >= 0.6 is 0 Å². The molecule has 1 saturated heterocycles. The number of hydrogen-bond donors (Lipinski definition) is 1. The average Bonchev–Trinajstić information content (AvgIpc) is 2.74. The van der Waals surface area contributed by atoms with E-state index >= 15 is 0 Å². The number of likely N-dealkylation sites (tertiary alicyclic amines) is 1. The fraction of sp³-hybridized carbons (Fsp3) is 0.391. The van der Waals surface area contributed by atoms with Crippen LogP contribution in [0.5, 0.6) is 11.5 Å². The molecule has 0 unspecified atom stereocenters. The molecule has 1 fully saturated rings. The number of ether oxygens (including phenoxy) is 2. The van der Waals surface area contributed by atoms with Crippen molar-refractivity contribution in [2.75, 3.05) is 27.3 Å². The maximum Gasteiger partial charge on any atom is 0.335 e. The third-order valence-electron chi connectivity index (χ3n) is 5.66. The van der Waals surface area contributed by atoms with Crippen LogP contribution in [-0.4, -0.2) is 49.2 Å². The topological polar surface area (TPSA) is 76.1 Å². The van der Waals surface area contributed by atoms with Gasteiger partial charge in [0.1, 0.15) is 11.5 Å². The molecule has 1 aliphatic rings. The summed E-state index contributed by atoms with van der Waals surface area (Å²) in [5.74, 6) is 0.698. The molecule has 2 aromatic carbocycles. The Bertz CT molecular complexity index is 875. The molecule has 29 heavy (non-hydrogen) atoms. The van der Waals surface area contributed by atoms with E-state index in [1.807, 2.05) is 24.0 Å². The van der Waals surface area contributed by atoms with E-state index in [4.69, 9.17) is 9.47 Å². The van der Waals surface area contributed by atoms with Gasteiger partial charge in [0.15, 0.2) is 0 Å². The maximum absolute atomic E-state index is 13.0. The molecule has 1 amide bonds. The van der Waals surface area contributed by atoms with Gasteiger partial charge in [-0.3, -0.25) is 4.79 Å². The van der Waals surface area contributed by atoms with Gasteiger partial charge in [0, 0.05) is 24.2 Å². The minimum absolute atomic E-state index is 0.0361. The zero-order chi connectivity index (χ0) is 21.0. The number of benzene rings is 2. The zero-order valence-corrected chi connectivity index (χ0v) is 17.1. The van der Waals surface area contributed by atoms with E-state index in [9.17, 15) is 14.7 Å². The Hall–Kier alpha value is -3.02. The highest BCUT2D eigenvalue weighted by atomic mass is 16.5. The lowest BCUT2D eigenvalue weighted by Gasteiger charge is -2.32. The van der Waals surface area contributed by atoms with Gasteiger partial charge in [0.05, 0.1) is 19.8 Å². The molecule has 6 nitrogen and oxygen atoms in total. The predicted octanol–water partition coefficient (Wildman–Crippen LogP) is 3.81. The lowest BCUT2D eigenvalue weighted by atomic mass is 9.88. The maximum atomic E-state index is 13.0. The number of hydrogen-bond acceptors (Lipinski definition) is 4. The minimum Gasteiger partial charge on any atom is -0.496 e. The van der Waals surface area contributed by atoms with Crippen LogP contribution in [0.3, 0.4) is 0 Å². The Kier molecular flexibility index (Phi) is 6.42. The fourth-order valence-corrected chi connectivity index (χ4v) is 3.95. The number of carbonyl (C=O) groups excluding carboxylic acids is 1. The molecule has 6 heteroatoms. The van der Waals surface area contributed by atoms with Crippen molar-refractivity contribution in [3.8, 4) is 11.5 Å². The van der Waals surface area contributed by atoms with Gasteiger partial charge >= 0.3 is 5.97 Å². The molecule has 0 atom stereocenters. The van der Waals surface area contributed by atoms with Gasteiger partial charge in [-0.2, -0.15) is 0 Å². The lowest BCUT2D eigenvalue weighted by Crippen LogP contribution is -2.39. The van der Waals surface area contributed by atoms with Crippen molar-refractivity contribution < 1.29 is 24.2 Å². The van der Waals surface area contributed by atoms with Crippen molar-refractivity contribution in [1.29, 1.82) is 0 Å². The van der Waals surface area contributed by atoms with Gasteiger partial charge in [0.25, 0.3) is 5.91 Å². The first-order chi connectivity index (χ1) is 13.9. The van der Waals surface area contributed by atoms with Crippen molar-refractivity contribution in [3.05, 3.63) is 58.7 Å². The van der Waals surface area contributed by atoms with Crippen molar-refractivity contribution in [1.82, 2.24) is 4.90 Å². The van der Waals surface area contributed by atoms with E-state index in [2.05, 4.69) is 0 Å². The van der Waals surface area contributed by atoms with E-state index in [1.54, 1.807) is 38.5 Å². The van der Waals surface area contributed by atoms with Gasteiger partial charge in [-0.05, 0) is 55.9 Å². The number of carbonyl (C=O) groups is 2. The first kappa shape index (κ1) is 20.7. The predicted molar refractivity (Wildman–Crippen MR) is 110 cm³/mol. The van der Waals surface area contributed by atoms with Crippen LogP contribution < -0.4 is 9.47 Å². The summed E-state index contributed by atoms with van der Waals surface area (Å²) in [6, 6.07) is 10.7. The number of amides is 1. The van der Waals surface area contributed by atoms with Crippen LogP contribution in [-0.2, 0) is 6.42 Å². The zero-order valence-electron chi connectivity index (χ0n) is 17.1. The second kappa shape index (κ2) is 8.99. The summed E-state index contributed by atoms with van der Waals surface area (Å²) in [6.07, 6.45) is 2.41. The van der Waals surface area contributed by atoms with Gasteiger partial charge in [0.2, 0.25) is 0 Å². The molecule has 1 heterocycles. The van der Waals surface area contributed by atoms with Crippen molar-refractivity contribution in [2.45, 2.75) is 26.2 Å². The third kappa shape index (κ3) is 4.53. The Balaban J connectivity index is 1.67. The standard InChI is InChI=1S/C23H27NO5/c1-15-20(28-2)13-18(14-21(15)29-3)22(25)24-10-8-16(9-11-24)12-17-6-4-5-7-19(17)23(26)27/h4-7,13-14,16H,8-12H2,1-3H3,(H,26,27). The molecule has 0 aromatic heterocycles. The summed E-state index contributed by atoms with van der Waals surface area (Å²) >= 11 is 0. The summed E-state index contributed by atoms with van der Waals surface area (Å²) in [4.78, 5) is 26.3. The molecule has 0 bridgehead atoms. The Labute approximate surface area is 171 Å². The lowest BCUT2D eigenvalue weighted by molar-refractivity contribution is 0.0689. The van der Waals surface area contributed by atoms with E-state index in [1.165, 1.54) is 0 Å². The number of piperidine rings is 1. The van der Waals surface area contributed by atoms with E-state index in [0.29, 0.717) is 41.6 Å². The second-order valence-corrected chi connectivity index (χ2v) is 7.41. The van der Waals surface area contributed by atoms with Crippen LogP contribution in [0.15, 0.2) is 36.4 Å². The number of methoxy groups -OCH3 is 2. The van der Waals surface area contributed by atoms with E-state index < -0.39 is 5.97 Å². The molecular formula is C23H27NO5. The van der Waals surface area contributed by atoms with Crippen molar-refractivity contribution in [3.63, 3.8) is 0 Å². The Morgan fingerprint density at radius 3 is 2.21 bits per heavy atom. The van der Waals surface area contributed by atoms with Gasteiger partial charge < -0.3 is 19.5 Å². The molecule has 3 rings (SSSR count). The van der Waals surface area contributed by atoms with Gasteiger partial charge in [-0.25, -0.2) is 4.79 Å².